The average Bonchev–Trinajstić information content (AvgIpc) is 2.77. The third-order valence-electron chi connectivity index (χ3n) is 2.34. The topological polar surface area (TPSA) is 77.0 Å². The molecule has 17 heavy (non-hydrogen) atoms. The molecule has 3 N–H and O–H groups in total. The molecule has 2 aromatic rings. The zero-order valence-corrected chi connectivity index (χ0v) is 9.81. The number of anilines is 1. The molecule has 0 amide bonds. The second-order valence-electron chi connectivity index (χ2n) is 3.78. The maximum atomic E-state index is 5.47. The Hall–Kier alpha value is -1.88. The lowest BCUT2D eigenvalue weighted by Crippen LogP contribution is -2.09. The lowest BCUT2D eigenvalue weighted by molar-refractivity contribution is 0.545. The quantitative estimate of drug-likeness (QED) is 0.769. The number of furan rings is 1. The number of nitrogens with zero attached hydrogens (tertiary/aromatic N) is 2. The van der Waals surface area contributed by atoms with E-state index in [1.807, 2.05) is 31.2 Å². The summed E-state index contributed by atoms with van der Waals surface area (Å²) in [5, 5.41) is 11.3. The van der Waals surface area contributed by atoms with Crippen LogP contribution in [-0.2, 0) is 0 Å². The summed E-state index contributed by atoms with van der Waals surface area (Å²) in [7, 11) is 0. The molecule has 0 radical (unpaired) electrons. The maximum Gasteiger partial charge on any atom is 0.154 e. The molecule has 0 saturated carbocycles. The van der Waals surface area contributed by atoms with Crippen LogP contribution in [0.3, 0.4) is 0 Å². The van der Waals surface area contributed by atoms with E-state index in [0.717, 1.165) is 36.0 Å². The fourth-order valence-corrected chi connectivity index (χ4v) is 1.45. The molecule has 0 fully saturated rings. The number of aromatic nitrogens is 2. The molecule has 2 rings (SSSR count). The van der Waals surface area contributed by atoms with E-state index < -0.39 is 0 Å². The van der Waals surface area contributed by atoms with Crippen molar-refractivity contribution in [2.75, 3.05) is 18.4 Å². The van der Waals surface area contributed by atoms with Gasteiger partial charge in [0, 0.05) is 6.54 Å². The van der Waals surface area contributed by atoms with E-state index in [1.165, 1.54) is 0 Å². The Morgan fingerprint density at radius 1 is 1.24 bits per heavy atom. The molecule has 5 heteroatoms. The molecule has 0 atom stereocenters. The predicted molar refractivity (Wildman–Crippen MR) is 66.6 cm³/mol. The van der Waals surface area contributed by atoms with Gasteiger partial charge in [0.25, 0.3) is 0 Å². The number of hydrogen-bond donors (Lipinski definition) is 2. The third kappa shape index (κ3) is 3.04. The molecule has 0 bridgehead atoms. The van der Waals surface area contributed by atoms with Gasteiger partial charge < -0.3 is 15.5 Å². The molecule has 0 spiro atoms. The SMILES string of the molecule is Cc1ccc(-c2ccc(NCCCN)nn2)o1. The van der Waals surface area contributed by atoms with Gasteiger partial charge in [-0.2, -0.15) is 0 Å². The fraction of sp³-hybridized carbons (Fsp3) is 0.333. The average molecular weight is 232 g/mol. The summed E-state index contributed by atoms with van der Waals surface area (Å²) in [6.07, 6.45) is 0.917. The molecular weight excluding hydrogens is 216 g/mol. The van der Waals surface area contributed by atoms with E-state index >= 15 is 0 Å². The highest BCUT2D eigenvalue weighted by Crippen LogP contribution is 2.19. The van der Waals surface area contributed by atoms with E-state index in [4.69, 9.17) is 10.2 Å². The minimum absolute atomic E-state index is 0.671. The Labute approximate surface area is 100 Å². The van der Waals surface area contributed by atoms with Gasteiger partial charge in [0.1, 0.15) is 17.3 Å². The molecule has 90 valence electrons. The van der Waals surface area contributed by atoms with E-state index in [2.05, 4.69) is 15.5 Å². The van der Waals surface area contributed by atoms with E-state index in [0.29, 0.717) is 6.54 Å². The van der Waals surface area contributed by atoms with Crippen LogP contribution in [0.1, 0.15) is 12.2 Å². The first-order valence-corrected chi connectivity index (χ1v) is 5.64. The minimum atomic E-state index is 0.671. The monoisotopic (exact) mass is 232 g/mol. The molecule has 0 aromatic carbocycles. The number of rotatable bonds is 5. The van der Waals surface area contributed by atoms with Crippen LogP contribution in [0.25, 0.3) is 11.5 Å². The van der Waals surface area contributed by atoms with Gasteiger partial charge in [0.05, 0.1) is 0 Å². The molecule has 0 unspecified atom stereocenters. The van der Waals surface area contributed by atoms with E-state index in [1.54, 1.807) is 0 Å². The zero-order valence-electron chi connectivity index (χ0n) is 9.81. The van der Waals surface area contributed by atoms with E-state index in [-0.39, 0.29) is 0 Å². The van der Waals surface area contributed by atoms with Crippen LogP contribution in [0, 0.1) is 6.92 Å². The molecule has 0 aliphatic heterocycles. The van der Waals surface area contributed by atoms with Gasteiger partial charge in [-0.05, 0) is 44.2 Å². The zero-order chi connectivity index (χ0) is 12.1. The lowest BCUT2D eigenvalue weighted by Gasteiger charge is -2.03. The van der Waals surface area contributed by atoms with Gasteiger partial charge in [0.2, 0.25) is 0 Å². The Morgan fingerprint density at radius 2 is 2.12 bits per heavy atom. The van der Waals surface area contributed by atoms with Crippen LogP contribution in [0.4, 0.5) is 5.82 Å². The number of hydrogen-bond acceptors (Lipinski definition) is 5. The van der Waals surface area contributed by atoms with Gasteiger partial charge in [-0.25, -0.2) is 0 Å². The van der Waals surface area contributed by atoms with Crippen molar-refractivity contribution in [3.05, 3.63) is 30.0 Å². The highest BCUT2D eigenvalue weighted by atomic mass is 16.3. The van der Waals surface area contributed by atoms with Crippen LogP contribution in [0.15, 0.2) is 28.7 Å². The first kappa shape index (κ1) is 11.6. The van der Waals surface area contributed by atoms with Crippen LogP contribution in [0.5, 0.6) is 0 Å². The molecule has 2 heterocycles. The summed E-state index contributed by atoms with van der Waals surface area (Å²) >= 11 is 0. The minimum Gasteiger partial charge on any atom is -0.460 e. The Balaban J connectivity index is 2.02. The van der Waals surface area contributed by atoms with Crippen molar-refractivity contribution in [2.45, 2.75) is 13.3 Å². The Bertz CT molecular complexity index is 464. The Morgan fingerprint density at radius 3 is 2.71 bits per heavy atom. The van der Waals surface area contributed by atoms with Crippen molar-refractivity contribution in [3.63, 3.8) is 0 Å². The molecule has 0 saturated heterocycles. The maximum absolute atomic E-state index is 5.47. The standard InChI is InChI=1S/C12H16N4O/c1-9-3-5-11(17-9)10-4-6-12(16-15-10)14-8-2-7-13/h3-6H,2,7-8,13H2,1H3,(H,14,16). The van der Waals surface area contributed by atoms with Crippen molar-refractivity contribution in [1.29, 1.82) is 0 Å². The third-order valence-corrected chi connectivity index (χ3v) is 2.34. The predicted octanol–water partition coefficient (Wildman–Crippen LogP) is 1.81. The van der Waals surface area contributed by atoms with Crippen molar-refractivity contribution >= 4 is 5.82 Å². The highest BCUT2D eigenvalue weighted by Gasteiger charge is 2.04. The summed E-state index contributed by atoms with van der Waals surface area (Å²) in [4.78, 5) is 0. The smallest absolute Gasteiger partial charge is 0.154 e. The fourth-order valence-electron chi connectivity index (χ4n) is 1.45. The van der Waals surface area contributed by atoms with Crippen molar-refractivity contribution in [1.82, 2.24) is 10.2 Å². The molecule has 5 nitrogen and oxygen atoms in total. The van der Waals surface area contributed by atoms with Gasteiger partial charge >= 0.3 is 0 Å². The summed E-state index contributed by atoms with van der Waals surface area (Å²) < 4.78 is 5.47. The molecule has 0 aliphatic carbocycles. The largest absolute Gasteiger partial charge is 0.460 e. The first-order valence-electron chi connectivity index (χ1n) is 5.64. The summed E-state index contributed by atoms with van der Waals surface area (Å²) in [6, 6.07) is 7.57. The van der Waals surface area contributed by atoms with Crippen molar-refractivity contribution in [3.8, 4) is 11.5 Å². The number of nitrogens with one attached hydrogen (secondary N) is 1. The number of nitrogens with two attached hydrogens (primary N) is 1. The van der Waals surface area contributed by atoms with Crippen molar-refractivity contribution < 1.29 is 4.42 Å². The van der Waals surface area contributed by atoms with Gasteiger partial charge in [-0.15, -0.1) is 10.2 Å². The molecule has 0 aliphatic rings. The van der Waals surface area contributed by atoms with Crippen LogP contribution < -0.4 is 11.1 Å². The highest BCUT2D eigenvalue weighted by molar-refractivity contribution is 5.53. The second-order valence-corrected chi connectivity index (χ2v) is 3.78. The second kappa shape index (κ2) is 5.45. The van der Waals surface area contributed by atoms with Gasteiger partial charge in [0.15, 0.2) is 5.76 Å². The van der Waals surface area contributed by atoms with Gasteiger partial charge in [-0.1, -0.05) is 0 Å². The summed E-state index contributed by atoms with van der Waals surface area (Å²) in [6.45, 7) is 3.38. The molecular formula is C12H16N4O. The normalized spacial score (nSPS) is 10.5. The van der Waals surface area contributed by atoms with Crippen LogP contribution >= 0.6 is 0 Å². The lowest BCUT2D eigenvalue weighted by atomic mass is 10.3. The molecule has 2 aromatic heterocycles. The summed E-state index contributed by atoms with van der Waals surface area (Å²) in [5.74, 6) is 2.36. The van der Waals surface area contributed by atoms with Crippen LogP contribution in [-0.4, -0.2) is 23.3 Å². The Kier molecular flexibility index (Phi) is 3.72. The first-order chi connectivity index (χ1) is 8.29. The van der Waals surface area contributed by atoms with Crippen LogP contribution in [0.2, 0.25) is 0 Å². The number of aryl methyl sites for hydroxylation is 1. The van der Waals surface area contributed by atoms with Crippen molar-refractivity contribution in [2.24, 2.45) is 5.73 Å². The van der Waals surface area contributed by atoms with Gasteiger partial charge in [-0.3, -0.25) is 0 Å². The van der Waals surface area contributed by atoms with E-state index in [9.17, 15) is 0 Å². The summed E-state index contributed by atoms with van der Waals surface area (Å²) in [5.41, 5.74) is 6.15.